The number of rotatable bonds is 2. The minimum Gasteiger partial charge on any atom is -0.462 e. The first-order valence-electron chi connectivity index (χ1n) is 12.9. The third-order valence-electron chi connectivity index (χ3n) is 10.1. The van der Waals surface area contributed by atoms with Gasteiger partial charge in [-0.15, -0.1) is 0 Å². The maximum absolute atomic E-state index is 13.6. The number of nitrogens with zero attached hydrogens (tertiary/aromatic N) is 2. The summed E-state index contributed by atoms with van der Waals surface area (Å²) in [6, 6.07) is 1.11. The third kappa shape index (κ3) is 3.86. The highest BCUT2D eigenvalue weighted by Gasteiger charge is 2.59. The Morgan fingerprint density at radius 1 is 1.09 bits per heavy atom. The Balaban J connectivity index is 1.42. The zero-order chi connectivity index (χ0) is 25.3. The molecule has 0 aliphatic heterocycles. The lowest BCUT2D eigenvalue weighted by Gasteiger charge is -2.58. The van der Waals surface area contributed by atoms with Gasteiger partial charge in [0.1, 0.15) is 6.10 Å². The number of aromatic nitrogens is 2. The standard InChI is InChI=1S/C27H35F3N2O3/c1-15(33)32-24(27(28,29)30)14-23(31-32)22-8-7-20-19-6-5-17-13-18(35-16(2)34)9-11-25(17,3)21(19)10-12-26(20,22)4/h5,14,18-22H,6-13H2,1-4H3/t18-,19+,20+,21+,22-,25+,26+/m1/s1. The fourth-order valence-corrected chi connectivity index (χ4v) is 8.46. The predicted octanol–water partition coefficient (Wildman–Crippen LogP) is 6.54. The van der Waals surface area contributed by atoms with E-state index in [1.54, 1.807) is 0 Å². The Morgan fingerprint density at radius 2 is 1.83 bits per heavy atom. The zero-order valence-corrected chi connectivity index (χ0v) is 21.0. The number of halogens is 3. The number of hydrogen-bond donors (Lipinski definition) is 0. The molecule has 0 spiro atoms. The molecule has 35 heavy (non-hydrogen) atoms. The molecule has 4 aliphatic carbocycles. The normalized spacial score (nSPS) is 38.7. The van der Waals surface area contributed by atoms with Gasteiger partial charge in [0.25, 0.3) is 0 Å². The van der Waals surface area contributed by atoms with Crippen LogP contribution < -0.4 is 0 Å². The van der Waals surface area contributed by atoms with Crippen LogP contribution in [0.4, 0.5) is 13.2 Å². The van der Waals surface area contributed by atoms with Crippen molar-refractivity contribution in [3.05, 3.63) is 29.1 Å². The summed E-state index contributed by atoms with van der Waals surface area (Å²) >= 11 is 0. The number of fused-ring (bicyclic) bond motifs is 5. The van der Waals surface area contributed by atoms with E-state index in [1.165, 1.54) is 12.5 Å². The van der Waals surface area contributed by atoms with E-state index in [1.807, 2.05) is 0 Å². The van der Waals surface area contributed by atoms with Crippen LogP contribution in [0, 0.1) is 28.6 Å². The molecule has 0 unspecified atom stereocenters. The van der Waals surface area contributed by atoms with Gasteiger partial charge in [0.2, 0.25) is 5.91 Å². The van der Waals surface area contributed by atoms with Crippen molar-refractivity contribution < 1.29 is 27.5 Å². The van der Waals surface area contributed by atoms with E-state index in [-0.39, 0.29) is 28.8 Å². The molecule has 0 saturated heterocycles. The SMILES string of the molecule is CC(=O)O[C@@H]1CC[C@@]2(C)C(=CC[C@H]3[C@@H]4CC[C@H](c5cc(C(F)(F)F)n(C(C)=O)n5)[C@@]4(C)CC[C@@H]32)C1. The summed E-state index contributed by atoms with van der Waals surface area (Å²) in [7, 11) is 0. The van der Waals surface area contributed by atoms with Gasteiger partial charge in [-0.1, -0.05) is 25.5 Å². The highest BCUT2D eigenvalue weighted by molar-refractivity contribution is 5.76. The van der Waals surface area contributed by atoms with Gasteiger partial charge in [-0.25, -0.2) is 0 Å². The molecule has 0 radical (unpaired) electrons. The molecule has 7 atom stereocenters. The van der Waals surface area contributed by atoms with Crippen molar-refractivity contribution in [3.8, 4) is 0 Å². The fourth-order valence-electron chi connectivity index (χ4n) is 8.46. The highest BCUT2D eigenvalue weighted by atomic mass is 19.4. The topological polar surface area (TPSA) is 61.2 Å². The second-order valence-electron chi connectivity index (χ2n) is 11.8. The van der Waals surface area contributed by atoms with Gasteiger partial charge in [-0.05, 0) is 79.6 Å². The molecule has 3 fully saturated rings. The summed E-state index contributed by atoms with van der Waals surface area (Å²) in [6.07, 6.45) is 5.18. The van der Waals surface area contributed by atoms with Gasteiger partial charge in [-0.2, -0.15) is 23.0 Å². The van der Waals surface area contributed by atoms with Crippen LogP contribution in [0.1, 0.15) is 101 Å². The minimum absolute atomic E-state index is 0.0349. The molecule has 1 aromatic heterocycles. The van der Waals surface area contributed by atoms with Crippen molar-refractivity contribution >= 4 is 11.9 Å². The first kappa shape index (κ1) is 24.6. The fraction of sp³-hybridized carbons (Fsp3) is 0.741. The molecule has 5 rings (SSSR count). The van der Waals surface area contributed by atoms with Crippen LogP contribution in [-0.2, 0) is 15.7 Å². The maximum atomic E-state index is 13.6. The lowest BCUT2D eigenvalue weighted by molar-refractivity contribution is -0.148. The maximum Gasteiger partial charge on any atom is 0.433 e. The Morgan fingerprint density at radius 3 is 2.46 bits per heavy atom. The van der Waals surface area contributed by atoms with Gasteiger partial charge in [0.05, 0.1) is 5.69 Å². The van der Waals surface area contributed by atoms with E-state index >= 15 is 0 Å². The van der Waals surface area contributed by atoms with E-state index in [9.17, 15) is 22.8 Å². The molecule has 0 amide bonds. The van der Waals surface area contributed by atoms with Gasteiger partial charge < -0.3 is 4.74 Å². The average molecular weight is 493 g/mol. The largest absolute Gasteiger partial charge is 0.462 e. The van der Waals surface area contributed by atoms with Crippen LogP contribution in [0.3, 0.4) is 0 Å². The monoisotopic (exact) mass is 492 g/mol. The van der Waals surface area contributed by atoms with Crippen LogP contribution in [0.2, 0.25) is 0 Å². The summed E-state index contributed by atoms with van der Waals surface area (Å²) in [4.78, 5) is 23.4. The number of allylic oxidation sites excluding steroid dienone is 1. The van der Waals surface area contributed by atoms with Crippen LogP contribution in [0.5, 0.6) is 0 Å². The van der Waals surface area contributed by atoms with Gasteiger partial charge in [0.15, 0.2) is 5.69 Å². The number of alkyl halides is 3. The molecule has 1 heterocycles. The smallest absolute Gasteiger partial charge is 0.433 e. The second kappa shape index (κ2) is 8.20. The van der Waals surface area contributed by atoms with E-state index in [0.29, 0.717) is 28.1 Å². The summed E-state index contributed by atoms with van der Waals surface area (Å²) in [5.74, 6) is 0.443. The van der Waals surface area contributed by atoms with Crippen molar-refractivity contribution in [1.82, 2.24) is 9.78 Å². The Hall–Kier alpha value is -2.12. The van der Waals surface area contributed by atoms with Gasteiger partial charge in [-0.3, -0.25) is 9.59 Å². The molecular weight excluding hydrogens is 457 g/mol. The molecule has 0 N–H and O–H groups in total. The van der Waals surface area contributed by atoms with Gasteiger partial charge >= 0.3 is 12.1 Å². The summed E-state index contributed by atoms with van der Waals surface area (Å²) in [6.45, 7) is 7.21. The van der Waals surface area contributed by atoms with Crippen LogP contribution in [0.15, 0.2) is 17.7 Å². The number of esters is 1. The Labute approximate surface area is 204 Å². The zero-order valence-electron chi connectivity index (χ0n) is 21.0. The third-order valence-corrected chi connectivity index (χ3v) is 10.1. The number of carbonyl (C=O) groups is 2. The molecule has 0 aromatic carbocycles. The van der Waals surface area contributed by atoms with Crippen LogP contribution in [-0.4, -0.2) is 27.8 Å². The first-order chi connectivity index (χ1) is 16.3. The molecule has 0 bridgehead atoms. The summed E-state index contributed by atoms with van der Waals surface area (Å²) < 4.78 is 46.9. The molecule has 5 nitrogen and oxygen atoms in total. The molecule has 3 saturated carbocycles. The van der Waals surface area contributed by atoms with Crippen LogP contribution >= 0.6 is 0 Å². The summed E-state index contributed by atoms with van der Waals surface area (Å²) in [5.41, 5.74) is 0.832. The molecule has 192 valence electrons. The molecule has 8 heteroatoms. The van der Waals surface area contributed by atoms with E-state index in [4.69, 9.17) is 4.74 Å². The molecule has 4 aliphatic rings. The highest BCUT2D eigenvalue weighted by Crippen LogP contribution is 2.68. The molecular formula is C27H35F3N2O3. The molecule has 1 aromatic rings. The second-order valence-corrected chi connectivity index (χ2v) is 11.8. The quantitative estimate of drug-likeness (QED) is 0.347. The van der Waals surface area contributed by atoms with Crippen molar-refractivity contribution in [3.63, 3.8) is 0 Å². The van der Waals surface area contributed by atoms with Crippen LogP contribution in [0.25, 0.3) is 0 Å². The minimum atomic E-state index is -4.61. The van der Waals surface area contributed by atoms with Crippen molar-refractivity contribution in [2.75, 3.05) is 0 Å². The number of carbonyl (C=O) groups excluding carboxylic acids is 2. The Bertz CT molecular complexity index is 1080. The predicted molar refractivity (Wildman–Crippen MR) is 124 cm³/mol. The lowest BCUT2D eigenvalue weighted by atomic mass is 9.47. The average Bonchev–Trinajstić information content (AvgIpc) is 3.35. The van der Waals surface area contributed by atoms with Crippen molar-refractivity contribution in [1.29, 1.82) is 0 Å². The first-order valence-corrected chi connectivity index (χ1v) is 12.9. The summed E-state index contributed by atoms with van der Waals surface area (Å²) in [5, 5.41) is 4.20. The number of hydrogen-bond acceptors (Lipinski definition) is 4. The van der Waals surface area contributed by atoms with Gasteiger partial charge in [0, 0.05) is 26.2 Å². The number of ether oxygens (including phenoxy) is 1. The van der Waals surface area contributed by atoms with E-state index < -0.39 is 17.8 Å². The van der Waals surface area contributed by atoms with Crippen molar-refractivity contribution in [2.24, 2.45) is 28.6 Å². The lowest BCUT2D eigenvalue weighted by Crippen LogP contribution is -2.50. The van der Waals surface area contributed by atoms with E-state index in [0.717, 1.165) is 64.4 Å². The van der Waals surface area contributed by atoms with E-state index in [2.05, 4.69) is 25.0 Å². The Kier molecular flexibility index (Phi) is 5.76. The van der Waals surface area contributed by atoms with Crippen molar-refractivity contribution in [2.45, 2.75) is 97.3 Å².